The predicted octanol–water partition coefficient (Wildman–Crippen LogP) is 4.42. The molecule has 0 spiro atoms. The quantitative estimate of drug-likeness (QED) is 0.439. The maximum atomic E-state index is 12.2. The van der Waals surface area contributed by atoms with Gasteiger partial charge < -0.3 is 5.32 Å². The highest BCUT2D eigenvalue weighted by Crippen LogP contribution is 2.30. The smallest absolute Gasteiger partial charge is 0.284 e. The van der Waals surface area contributed by atoms with Gasteiger partial charge in [-0.05, 0) is 44.0 Å². The van der Waals surface area contributed by atoms with Crippen molar-refractivity contribution in [2.45, 2.75) is 0 Å². The van der Waals surface area contributed by atoms with Gasteiger partial charge in [0, 0.05) is 16.7 Å². The molecule has 0 saturated carbocycles. The summed E-state index contributed by atoms with van der Waals surface area (Å²) in [4.78, 5) is 26.4. The number of nitro groups is 1. The summed E-state index contributed by atoms with van der Waals surface area (Å²) >= 11 is 12.2. The Morgan fingerprint density at radius 2 is 2.10 bits per heavy atom. The van der Waals surface area contributed by atoms with Gasteiger partial charge in [-0.15, -0.1) is 0 Å². The first-order chi connectivity index (χ1) is 9.90. The molecule has 1 aromatic carbocycles. The van der Waals surface area contributed by atoms with E-state index in [-0.39, 0.29) is 20.9 Å². The van der Waals surface area contributed by atoms with E-state index in [0.29, 0.717) is 10.2 Å². The van der Waals surface area contributed by atoms with E-state index in [1.165, 1.54) is 24.4 Å². The fourth-order valence-electron chi connectivity index (χ4n) is 1.54. The molecular formula is C12H6Br2ClN3O3. The Kier molecular flexibility index (Phi) is 4.92. The number of amides is 1. The van der Waals surface area contributed by atoms with E-state index in [0.717, 1.165) is 0 Å². The fourth-order valence-corrected chi connectivity index (χ4v) is 2.61. The summed E-state index contributed by atoms with van der Waals surface area (Å²) in [6, 6.07) is 5.78. The van der Waals surface area contributed by atoms with Gasteiger partial charge in [0.2, 0.25) is 0 Å². The molecule has 1 N–H and O–H groups in total. The van der Waals surface area contributed by atoms with Crippen molar-refractivity contribution in [3.8, 4) is 0 Å². The molecule has 0 bridgehead atoms. The molecule has 108 valence electrons. The van der Waals surface area contributed by atoms with Crippen LogP contribution in [0.3, 0.4) is 0 Å². The van der Waals surface area contributed by atoms with Crippen LogP contribution in [0.5, 0.6) is 0 Å². The lowest BCUT2D eigenvalue weighted by Crippen LogP contribution is -2.13. The van der Waals surface area contributed by atoms with Crippen LogP contribution < -0.4 is 5.32 Å². The number of carbonyl (C=O) groups is 1. The number of aromatic nitrogens is 1. The number of anilines is 1. The molecule has 6 nitrogen and oxygen atoms in total. The van der Waals surface area contributed by atoms with Gasteiger partial charge in [0.1, 0.15) is 4.47 Å². The molecule has 9 heteroatoms. The van der Waals surface area contributed by atoms with Gasteiger partial charge in [-0.3, -0.25) is 14.9 Å². The lowest BCUT2D eigenvalue weighted by atomic mass is 10.2. The second-order valence-corrected chi connectivity index (χ2v) is 5.91. The highest BCUT2D eigenvalue weighted by Gasteiger charge is 2.20. The molecule has 0 aliphatic heterocycles. The van der Waals surface area contributed by atoms with Crippen molar-refractivity contribution >= 4 is 60.7 Å². The molecule has 0 saturated heterocycles. The zero-order chi connectivity index (χ0) is 15.6. The number of nitro benzene ring substituents is 1. The minimum atomic E-state index is -0.575. The summed E-state index contributed by atoms with van der Waals surface area (Å²) in [6.07, 6.45) is 1.49. The number of halogens is 3. The normalized spacial score (nSPS) is 10.2. The predicted molar refractivity (Wildman–Crippen MR) is 85.7 cm³/mol. The molecule has 1 amide bonds. The van der Waals surface area contributed by atoms with Gasteiger partial charge in [0.15, 0.2) is 5.15 Å². The number of pyridine rings is 1. The summed E-state index contributed by atoms with van der Waals surface area (Å²) in [5.41, 5.74) is 0.232. The highest BCUT2D eigenvalue weighted by molar-refractivity contribution is 9.11. The Morgan fingerprint density at radius 1 is 1.38 bits per heavy atom. The van der Waals surface area contributed by atoms with E-state index in [2.05, 4.69) is 42.2 Å². The number of nitrogens with zero attached hydrogens (tertiary/aromatic N) is 2. The van der Waals surface area contributed by atoms with Crippen LogP contribution >= 0.6 is 43.5 Å². The largest absolute Gasteiger partial charge is 0.319 e. The summed E-state index contributed by atoms with van der Waals surface area (Å²) in [7, 11) is 0. The van der Waals surface area contributed by atoms with Crippen LogP contribution in [0.2, 0.25) is 5.15 Å². The van der Waals surface area contributed by atoms with Crippen LogP contribution in [0.25, 0.3) is 0 Å². The maximum absolute atomic E-state index is 12.2. The zero-order valence-corrected chi connectivity index (χ0v) is 14.1. The Hall–Kier alpha value is -1.51. The standard InChI is InChI=1S/C12H6Br2ClN3O3/c13-6-4-8(11(15)16-5-6)17-12(19)7-2-1-3-9(10(7)14)18(20)21/h1-5H,(H,17,19). The molecule has 0 aliphatic carbocycles. The van der Waals surface area contributed by atoms with Crippen molar-refractivity contribution in [2.24, 2.45) is 0 Å². The molecule has 1 heterocycles. The minimum absolute atomic E-state index is 0.103. The molecule has 1 aromatic heterocycles. The zero-order valence-electron chi connectivity index (χ0n) is 10.1. The number of benzene rings is 1. The third-order valence-corrected chi connectivity index (χ3v) is 4.04. The number of hydrogen-bond acceptors (Lipinski definition) is 4. The highest BCUT2D eigenvalue weighted by atomic mass is 79.9. The Morgan fingerprint density at radius 3 is 2.76 bits per heavy atom. The topological polar surface area (TPSA) is 85.1 Å². The SMILES string of the molecule is O=C(Nc1cc(Br)cnc1Cl)c1cccc([N+](=O)[O-])c1Br. The van der Waals surface area contributed by atoms with E-state index in [1.807, 2.05) is 0 Å². The average Bonchev–Trinajstić information content (AvgIpc) is 2.42. The van der Waals surface area contributed by atoms with Gasteiger partial charge in [-0.25, -0.2) is 4.98 Å². The molecule has 0 unspecified atom stereocenters. The first kappa shape index (κ1) is 15.9. The van der Waals surface area contributed by atoms with Crippen LogP contribution in [-0.2, 0) is 0 Å². The molecule has 0 aliphatic rings. The van der Waals surface area contributed by atoms with Gasteiger partial charge in [-0.1, -0.05) is 17.7 Å². The first-order valence-electron chi connectivity index (χ1n) is 5.45. The second kappa shape index (κ2) is 6.50. The van der Waals surface area contributed by atoms with E-state index < -0.39 is 10.8 Å². The summed E-state index contributed by atoms with van der Waals surface area (Å²) < 4.78 is 0.742. The van der Waals surface area contributed by atoms with Crippen molar-refractivity contribution in [1.29, 1.82) is 0 Å². The minimum Gasteiger partial charge on any atom is -0.319 e. The lowest BCUT2D eigenvalue weighted by molar-refractivity contribution is -0.385. The van der Waals surface area contributed by atoms with Crippen molar-refractivity contribution in [3.05, 3.63) is 60.2 Å². The Balaban J connectivity index is 2.35. The molecule has 0 fully saturated rings. The molecule has 0 radical (unpaired) electrons. The monoisotopic (exact) mass is 433 g/mol. The van der Waals surface area contributed by atoms with Crippen molar-refractivity contribution in [3.63, 3.8) is 0 Å². The molecule has 2 aromatic rings. The third-order valence-electron chi connectivity index (χ3n) is 2.47. The van der Waals surface area contributed by atoms with E-state index in [9.17, 15) is 14.9 Å². The second-order valence-electron chi connectivity index (χ2n) is 3.84. The number of hydrogen-bond donors (Lipinski definition) is 1. The third kappa shape index (κ3) is 3.58. The summed E-state index contributed by atoms with van der Waals surface area (Å²) in [5, 5.41) is 13.5. The van der Waals surface area contributed by atoms with Gasteiger partial charge in [0.25, 0.3) is 11.6 Å². The van der Waals surface area contributed by atoms with Crippen molar-refractivity contribution in [1.82, 2.24) is 4.98 Å². The average molecular weight is 435 g/mol. The first-order valence-corrected chi connectivity index (χ1v) is 7.42. The van der Waals surface area contributed by atoms with Crippen molar-refractivity contribution in [2.75, 3.05) is 5.32 Å². The number of nitrogens with one attached hydrogen (secondary N) is 1. The lowest BCUT2D eigenvalue weighted by Gasteiger charge is -2.08. The molecule has 21 heavy (non-hydrogen) atoms. The van der Waals surface area contributed by atoms with Crippen LogP contribution in [0.4, 0.5) is 11.4 Å². The van der Waals surface area contributed by atoms with Crippen LogP contribution in [0.15, 0.2) is 39.4 Å². The van der Waals surface area contributed by atoms with E-state index >= 15 is 0 Å². The van der Waals surface area contributed by atoms with Crippen LogP contribution in [-0.4, -0.2) is 15.8 Å². The van der Waals surface area contributed by atoms with Gasteiger partial charge >= 0.3 is 0 Å². The van der Waals surface area contributed by atoms with Crippen LogP contribution in [0, 0.1) is 10.1 Å². The van der Waals surface area contributed by atoms with E-state index in [1.54, 1.807) is 6.07 Å². The summed E-state index contributed by atoms with van der Waals surface area (Å²) in [6.45, 7) is 0. The Bertz CT molecular complexity index is 740. The number of carbonyl (C=O) groups excluding carboxylic acids is 1. The van der Waals surface area contributed by atoms with Gasteiger partial charge in [0.05, 0.1) is 16.2 Å². The summed E-state index contributed by atoms with van der Waals surface area (Å²) in [5.74, 6) is -0.535. The van der Waals surface area contributed by atoms with Crippen molar-refractivity contribution < 1.29 is 9.72 Å². The van der Waals surface area contributed by atoms with Gasteiger partial charge in [-0.2, -0.15) is 0 Å². The fraction of sp³-hybridized carbons (Fsp3) is 0. The molecule has 0 atom stereocenters. The van der Waals surface area contributed by atoms with Crippen LogP contribution in [0.1, 0.15) is 10.4 Å². The molecule has 2 rings (SSSR count). The maximum Gasteiger partial charge on any atom is 0.284 e. The Labute approximate surface area is 140 Å². The van der Waals surface area contributed by atoms with E-state index in [4.69, 9.17) is 11.6 Å². The number of rotatable bonds is 3. The molecular weight excluding hydrogens is 429 g/mol.